The van der Waals surface area contributed by atoms with E-state index in [1.165, 1.54) is 0 Å². The predicted octanol–water partition coefficient (Wildman–Crippen LogP) is 3.04. The lowest BCUT2D eigenvalue weighted by atomic mass is 10.3. The van der Waals surface area contributed by atoms with E-state index in [2.05, 4.69) is 4.98 Å². The van der Waals surface area contributed by atoms with Crippen LogP contribution in [0.2, 0.25) is 0 Å². The Morgan fingerprint density at radius 1 is 1.38 bits per heavy atom. The average molecular weight is 214 g/mol. The number of aromatic nitrogens is 1. The van der Waals surface area contributed by atoms with Crippen molar-refractivity contribution < 1.29 is 17.6 Å². The van der Waals surface area contributed by atoms with Crippen LogP contribution in [0.3, 0.4) is 0 Å². The van der Waals surface area contributed by atoms with Crippen LogP contribution < -0.4 is 0 Å². The predicted molar refractivity (Wildman–Crippen MR) is 38.7 cm³/mol. The molecule has 0 aliphatic carbocycles. The van der Waals surface area contributed by atoms with E-state index in [1.54, 1.807) is 0 Å². The lowest BCUT2D eigenvalue weighted by molar-refractivity contribution is 0.145. The SMILES string of the molecule is Fc1cc(C(F)F)nc(CCl)c1F. The van der Waals surface area contributed by atoms with Crippen molar-refractivity contribution in [3.8, 4) is 0 Å². The highest BCUT2D eigenvalue weighted by atomic mass is 35.5. The van der Waals surface area contributed by atoms with E-state index in [1.807, 2.05) is 0 Å². The molecular weight excluding hydrogens is 210 g/mol. The topological polar surface area (TPSA) is 12.9 Å². The van der Waals surface area contributed by atoms with Crippen LogP contribution in [0.15, 0.2) is 6.07 Å². The molecule has 0 amide bonds. The van der Waals surface area contributed by atoms with Crippen molar-refractivity contribution in [3.05, 3.63) is 29.1 Å². The van der Waals surface area contributed by atoms with E-state index >= 15 is 0 Å². The first-order valence-corrected chi connectivity index (χ1v) is 3.78. The molecule has 0 atom stereocenters. The van der Waals surface area contributed by atoms with Crippen LogP contribution in [0.1, 0.15) is 17.8 Å². The van der Waals surface area contributed by atoms with Gasteiger partial charge in [0.05, 0.1) is 11.6 Å². The number of hydrogen-bond donors (Lipinski definition) is 0. The highest BCUT2D eigenvalue weighted by Crippen LogP contribution is 2.20. The van der Waals surface area contributed by atoms with Gasteiger partial charge in [0, 0.05) is 6.07 Å². The second kappa shape index (κ2) is 3.91. The van der Waals surface area contributed by atoms with E-state index in [-0.39, 0.29) is 0 Å². The van der Waals surface area contributed by atoms with Gasteiger partial charge < -0.3 is 0 Å². The molecule has 1 heterocycles. The zero-order valence-electron chi connectivity index (χ0n) is 6.20. The minimum absolute atomic E-state index is 0.357. The maximum atomic E-state index is 12.7. The van der Waals surface area contributed by atoms with Crippen LogP contribution in [0.5, 0.6) is 0 Å². The Labute approximate surface area is 76.3 Å². The molecule has 0 N–H and O–H groups in total. The van der Waals surface area contributed by atoms with E-state index < -0.39 is 35.3 Å². The summed E-state index contributed by atoms with van der Waals surface area (Å²) in [6.07, 6.45) is -2.93. The first-order valence-electron chi connectivity index (χ1n) is 3.25. The molecule has 0 radical (unpaired) electrons. The van der Waals surface area contributed by atoms with Crippen LogP contribution in [0.4, 0.5) is 17.6 Å². The van der Waals surface area contributed by atoms with Crippen LogP contribution in [0.25, 0.3) is 0 Å². The third-order valence-electron chi connectivity index (χ3n) is 1.35. The van der Waals surface area contributed by atoms with E-state index in [4.69, 9.17) is 11.6 Å². The van der Waals surface area contributed by atoms with Gasteiger partial charge in [-0.05, 0) is 0 Å². The first kappa shape index (κ1) is 10.2. The van der Waals surface area contributed by atoms with E-state index in [9.17, 15) is 17.6 Å². The summed E-state index contributed by atoms with van der Waals surface area (Å²) in [6, 6.07) is 0.357. The van der Waals surface area contributed by atoms with Crippen molar-refractivity contribution in [3.63, 3.8) is 0 Å². The third kappa shape index (κ3) is 2.09. The number of pyridine rings is 1. The smallest absolute Gasteiger partial charge is 0.247 e. The number of hydrogen-bond acceptors (Lipinski definition) is 1. The molecule has 1 rings (SSSR count). The van der Waals surface area contributed by atoms with Crippen molar-refractivity contribution in [1.82, 2.24) is 4.98 Å². The van der Waals surface area contributed by atoms with Gasteiger partial charge in [-0.25, -0.2) is 22.5 Å². The van der Waals surface area contributed by atoms with Gasteiger partial charge in [0.1, 0.15) is 5.69 Å². The summed E-state index contributed by atoms with van der Waals surface area (Å²) in [7, 11) is 0. The highest BCUT2D eigenvalue weighted by Gasteiger charge is 2.16. The third-order valence-corrected chi connectivity index (χ3v) is 1.61. The molecule has 0 fully saturated rings. The molecular formula is C7H4ClF4N. The summed E-state index contributed by atoms with van der Waals surface area (Å²) < 4.78 is 49.3. The summed E-state index contributed by atoms with van der Waals surface area (Å²) >= 11 is 5.17. The van der Waals surface area contributed by atoms with Crippen LogP contribution >= 0.6 is 11.6 Å². The van der Waals surface area contributed by atoms with Crippen molar-refractivity contribution in [2.24, 2.45) is 0 Å². The summed E-state index contributed by atoms with van der Waals surface area (Å²) in [5.41, 5.74) is -1.31. The Morgan fingerprint density at radius 3 is 2.46 bits per heavy atom. The van der Waals surface area contributed by atoms with Crippen LogP contribution in [-0.4, -0.2) is 4.98 Å². The van der Waals surface area contributed by atoms with Crippen LogP contribution in [0, 0.1) is 11.6 Å². The highest BCUT2D eigenvalue weighted by molar-refractivity contribution is 6.16. The minimum atomic E-state index is -2.93. The Morgan fingerprint density at radius 2 is 2.00 bits per heavy atom. The fourth-order valence-electron chi connectivity index (χ4n) is 0.769. The van der Waals surface area contributed by atoms with Gasteiger partial charge in [-0.2, -0.15) is 0 Å². The van der Waals surface area contributed by atoms with Crippen molar-refractivity contribution in [1.29, 1.82) is 0 Å². The van der Waals surface area contributed by atoms with Gasteiger partial charge in [-0.3, -0.25) is 0 Å². The Balaban J connectivity index is 3.22. The van der Waals surface area contributed by atoms with Gasteiger partial charge in [0.15, 0.2) is 11.6 Å². The second-order valence-corrected chi connectivity index (χ2v) is 2.49. The quantitative estimate of drug-likeness (QED) is 0.544. The molecule has 0 saturated carbocycles. The van der Waals surface area contributed by atoms with Gasteiger partial charge in [-0.1, -0.05) is 0 Å². The molecule has 0 saturated heterocycles. The number of rotatable bonds is 2. The fraction of sp³-hybridized carbons (Fsp3) is 0.286. The molecule has 0 aliphatic rings. The summed E-state index contributed by atoms with van der Waals surface area (Å²) in [6.45, 7) is 0. The molecule has 72 valence electrons. The second-order valence-electron chi connectivity index (χ2n) is 2.22. The zero-order valence-corrected chi connectivity index (χ0v) is 6.95. The Kier molecular flexibility index (Phi) is 3.08. The van der Waals surface area contributed by atoms with E-state index in [0.717, 1.165) is 0 Å². The fourth-order valence-corrected chi connectivity index (χ4v) is 0.946. The molecule has 1 nitrogen and oxygen atoms in total. The molecule has 1 aromatic rings. The normalized spacial score (nSPS) is 10.9. The molecule has 0 unspecified atom stereocenters. The largest absolute Gasteiger partial charge is 0.280 e. The lowest BCUT2D eigenvalue weighted by Gasteiger charge is -2.03. The number of nitrogens with zero attached hydrogens (tertiary/aromatic N) is 1. The molecule has 0 spiro atoms. The Hall–Kier alpha value is -0.840. The number of alkyl halides is 3. The molecule has 0 aromatic carbocycles. The van der Waals surface area contributed by atoms with Crippen LogP contribution in [-0.2, 0) is 5.88 Å². The first-order chi connectivity index (χ1) is 6.06. The molecule has 6 heteroatoms. The summed E-state index contributed by atoms with van der Waals surface area (Å²) in [5, 5.41) is 0. The Bertz CT molecular complexity index is 316. The average Bonchev–Trinajstić information content (AvgIpc) is 2.09. The van der Waals surface area contributed by atoms with Gasteiger partial charge >= 0.3 is 0 Å². The molecule has 0 bridgehead atoms. The summed E-state index contributed by atoms with van der Waals surface area (Å²) in [4.78, 5) is 3.15. The minimum Gasteiger partial charge on any atom is -0.247 e. The van der Waals surface area contributed by atoms with Gasteiger partial charge in [-0.15, -0.1) is 11.6 Å². The van der Waals surface area contributed by atoms with Crippen molar-refractivity contribution in [2.75, 3.05) is 0 Å². The van der Waals surface area contributed by atoms with Gasteiger partial charge in [0.2, 0.25) is 0 Å². The monoisotopic (exact) mass is 213 g/mol. The molecule has 1 aromatic heterocycles. The zero-order chi connectivity index (χ0) is 10.0. The maximum absolute atomic E-state index is 12.7. The van der Waals surface area contributed by atoms with Gasteiger partial charge in [0.25, 0.3) is 6.43 Å². The number of halogens is 5. The van der Waals surface area contributed by atoms with E-state index in [0.29, 0.717) is 6.07 Å². The molecule has 0 aliphatic heterocycles. The summed E-state index contributed by atoms with van der Waals surface area (Å²) in [5.74, 6) is -3.08. The van der Waals surface area contributed by atoms with Crippen molar-refractivity contribution >= 4 is 11.6 Å². The van der Waals surface area contributed by atoms with Crippen molar-refractivity contribution in [2.45, 2.75) is 12.3 Å². The standard InChI is InChI=1S/C7H4ClF4N/c8-2-5-6(10)3(9)1-4(13-5)7(11)12/h1,7H,2H2. The molecule has 13 heavy (non-hydrogen) atoms. The lowest BCUT2D eigenvalue weighted by Crippen LogP contribution is -2.01. The maximum Gasteiger partial charge on any atom is 0.280 e.